The van der Waals surface area contributed by atoms with Crippen LogP contribution in [0.4, 0.5) is 0 Å². The van der Waals surface area contributed by atoms with E-state index < -0.39 is 24.3 Å². The molecule has 1 N–H and O–H groups in total. The van der Waals surface area contributed by atoms with Crippen molar-refractivity contribution in [3.63, 3.8) is 0 Å². The topological polar surface area (TPSA) is 83.5 Å². The number of cyclic esters (lactones) is 1. The summed E-state index contributed by atoms with van der Waals surface area (Å²) in [6, 6.07) is 0. The number of methoxy groups -OCH3 is 3. The van der Waals surface area contributed by atoms with E-state index in [9.17, 15) is 9.90 Å². The fourth-order valence-electron chi connectivity index (χ4n) is 6.09. The first-order valence-corrected chi connectivity index (χ1v) is 15.5. The Hall–Kier alpha value is -2.61. The Morgan fingerprint density at radius 3 is 2.23 bits per heavy atom. The maximum Gasteiger partial charge on any atom is 0.373 e. The van der Waals surface area contributed by atoms with Gasteiger partial charge in [0.1, 0.15) is 24.1 Å². The number of carbonyl (C=O) groups excluding carboxylic acids is 1. The summed E-state index contributed by atoms with van der Waals surface area (Å²) >= 11 is 0. The van der Waals surface area contributed by atoms with E-state index in [-0.39, 0.29) is 41.6 Å². The standard InChI is InChI=1S/C36H56O7/c1-21(2)34-28(9)31(40-11)20-30(42-34)24(5)19-27(8)35-29(39-10)15-13-14-22(3)16-25(6)33(37)26(7)17-23(4)18-32(41-12)36(38)43-35/h13-15,17-21,25-29,31,33-35,37H,16H2,1-12H3/b15-13+,22-14+,23-17+,24-19+,32-18-/t25-,26+,27-,28-,29-,31+,33-,34+,35+/m0/s1. The number of hydrogen-bond acceptors (Lipinski definition) is 7. The zero-order chi connectivity index (χ0) is 32.4. The first-order chi connectivity index (χ1) is 20.2. The Morgan fingerprint density at radius 2 is 1.65 bits per heavy atom. The van der Waals surface area contributed by atoms with Gasteiger partial charge in [-0.1, -0.05) is 83.1 Å². The van der Waals surface area contributed by atoms with Crippen molar-refractivity contribution in [3.8, 4) is 0 Å². The van der Waals surface area contributed by atoms with Crippen molar-refractivity contribution in [1.29, 1.82) is 0 Å². The quantitative estimate of drug-likeness (QED) is 0.312. The van der Waals surface area contributed by atoms with E-state index in [1.165, 1.54) is 7.11 Å². The van der Waals surface area contributed by atoms with Gasteiger partial charge in [-0.25, -0.2) is 4.79 Å². The van der Waals surface area contributed by atoms with Crippen molar-refractivity contribution in [2.45, 2.75) is 99.3 Å². The van der Waals surface area contributed by atoms with E-state index in [1.807, 2.05) is 58.1 Å². The third-order valence-corrected chi connectivity index (χ3v) is 8.56. The van der Waals surface area contributed by atoms with Gasteiger partial charge in [0.25, 0.3) is 0 Å². The summed E-state index contributed by atoms with van der Waals surface area (Å²) in [6.07, 6.45) is 12.6. The van der Waals surface area contributed by atoms with E-state index in [0.29, 0.717) is 5.92 Å². The number of aliphatic hydroxyl groups excluding tert-OH is 1. The molecule has 0 radical (unpaired) electrons. The average molecular weight is 601 g/mol. The van der Waals surface area contributed by atoms with Crippen LogP contribution in [-0.2, 0) is 28.5 Å². The minimum Gasteiger partial charge on any atom is -0.490 e. The molecule has 0 saturated heterocycles. The molecular weight excluding hydrogens is 544 g/mol. The summed E-state index contributed by atoms with van der Waals surface area (Å²) in [7, 11) is 4.79. The van der Waals surface area contributed by atoms with Gasteiger partial charge in [0.15, 0.2) is 0 Å². The summed E-state index contributed by atoms with van der Waals surface area (Å²) in [5.74, 6) is 0.520. The molecule has 0 fully saturated rings. The summed E-state index contributed by atoms with van der Waals surface area (Å²) in [5.41, 5.74) is 2.88. The number of allylic oxidation sites excluding steroid dienone is 6. The van der Waals surface area contributed by atoms with Crippen molar-refractivity contribution in [2.24, 2.45) is 29.6 Å². The Morgan fingerprint density at radius 1 is 1.00 bits per heavy atom. The molecule has 0 aromatic heterocycles. The van der Waals surface area contributed by atoms with Crippen LogP contribution in [0.25, 0.3) is 0 Å². The summed E-state index contributed by atoms with van der Waals surface area (Å²) in [6.45, 7) is 18.5. The Bertz CT molecular complexity index is 1110. The molecule has 242 valence electrons. The largest absolute Gasteiger partial charge is 0.490 e. The first kappa shape index (κ1) is 36.6. The van der Waals surface area contributed by atoms with Crippen LogP contribution in [0.1, 0.15) is 68.7 Å². The van der Waals surface area contributed by atoms with Crippen LogP contribution in [0, 0.1) is 29.6 Å². The van der Waals surface area contributed by atoms with Crippen molar-refractivity contribution in [3.05, 3.63) is 70.8 Å². The molecule has 0 aromatic carbocycles. The van der Waals surface area contributed by atoms with Gasteiger partial charge in [0.05, 0.1) is 19.3 Å². The molecule has 2 aliphatic rings. The highest BCUT2D eigenvalue weighted by atomic mass is 16.6. The number of aliphatic hydroxyl groups is 1. The number of carbonyl (C=O) groups is 1. The van der Waals surface area contributed by atoms with Crippen LogP contribution in [0.2, 0.25) is 0 Å². The van der Waals surface area contributed by atoms with Crippen LogP contribution < -0.4 is 0 Å². The smallest absolute Gasteiger partial charge is 0.373 e. The third kappa shape index (κ3) is 10.2. The maximum atomic E-state index is 13.5. The zero-order valence-corrected chi connectivity index (χ0v) is 28.4. The second-order valence-corrected chi connectivity index (χ2v) is 12.7. The highest BCUT2D eigenvalue weighted by Crippen LogP contribution is 2.33. The van der Waals surface area contributed by atoms with Crippen molar-refractivity contribution in [1.82, 2.24) is 0 Å². The van der Waals surface area contributed by atoms with Crippen molar-refractivity contribution < 1.29 is 33.6 Å². The van der Waals surface area contributed by atoms with Gasteiger partial charge in [-0.15, -0.1) is 0 Å². The van der Waals surface area contributed by atoms with E-state index >= 15 is 0 Å². The summed E-state index contributed by atoms with van der Waals surface area (Å²) < 4.78 is 29.7. The van der Waals surface area contributed by atoms with Crippen LogP contribution in [0.5, 0.6) is 0 Å². The molecule has 43 heavy (non-hydrogen) atoms. The van der Waals surface area contributed by atoms with Crippen molar-refractivity contribution in [2.75, 3.05) is 21.3 Å². The second kappa shape index (κ2) is 17.0. The lowest BCUT2D eigenvalue weighted by atomic mass is 9.86. The molecule has 0 aliphatic carbocycles. The van der Waals surface area contributed by atoms with Gasteiger partial charge >= 0.3 is 5.97 Å². The number of esters is 1. The molecular formula is C36H56O7. The Labute approximate surface area is 260 Å². The van der Waals surface area contributed by atoms with Crippen molar-refractivity contribution >= 4 is 5.97 Å². The minimum atomic E-state index is -0.657. The van der Waals surface area contributed by atoms with Crippen LogP contribution in [-0.4, -0.2) is 62.9 Å². The predicted molar refractivity (Wildman–Crippen MR) is 172 cm³/mol. The van der Waals surface area contributed by atoms with Gasteiger partial charge < -0.3 is 28.8 Å². The number of rotatable bonds is 7. The fraction of sp³-hybridized carbons (Fsp3) is 0.639. The molecule has 0 amide bonds. The first-order valence-electron chi connectivity index (χ1n) is 15.5. The van der Waals surface area contributed by atoms with Gasteiger partial charge in [0.2, 0.25) is 5.76 Å². The molecule has 2 rings (SSSR count). The lowest BCUT2D eigenvalue weighted by Crippen LogP contribution is -2.39. The molecule has 0 saturated carbocycles. The molecule has 0 unspecified atom stereocenters. The molecule has 0 aromatic rings. The van der Waals surface area contributed by atoms with E-state index in [1.54, 1.807) is 20.3 Å². The average Bonchev–Trinajstić information content (AvgIpc) is 2.95. The van der Waals surface area contributed by atoms with E-state index in [2.05, 4.69) is 40.7 Å². The molecule has 9 atom stereocenters. The molecule has 2 aliphatic heterocycles. The lowest BCUT2D eigenvalue weighted by molar-refractivity contribution is -0.155. The van der Waals surface area contributed by atoms with Gasteiger partial charge in [-0.3, -0.25) is 0 Å². The number of ether oxygens (including phenoxy) is 5. The Kier molecular flexibility index (Phi) is 14.5. The second-order valence-electron chi connectivity index (χ2n) is 12.7. The molecule has 7 heteroatoms. The zero-order valence-electron chi connectivity index (χ0n) is 28.4. The summed E-state index contributed by atoms with van der Waals surface area (Å²) in [4.78, 5) is 13.5. The minimum absolute atomic E-state index is 0.0194. The van der Waals surface area contributed by atoms with Gasteiger partial charge in [0, 0.05) is 32.0 Å². The fourth-order valence-corrected chi connectivity index (χ4v) is 6.09. The molecule has 7 nitrogen and oxygen atoms in total. The van der Waals surface area contributed by atoms with E-state index in [4.69, 9.17) is 23.7 Å². The van der Waals surface area contributed by atoms with Crippen LogP contribution in [0.3, 0.4) is 0 Å². The Balaban J connectivity index is 2.54. The van der Waals surface area contributed by atoms with Gasteiger partial charge in [-0.05, 0) is 56.8 Å². The van der Waals surface area contributed by atoms with E-state index in [0.717, 1.165) is 28.9 Å². The maximum absolute atomic E-state index is 13.5. The monoisotopic (exact) mass is 600 g/mol. The predicted octanol–water partition coefficient (Wildman–Crippen LogP) is 7.10. The SMILES string of the molecule is CO/C1=C\C(C)=C\[C@@H](C)[C@@H](O)[C@@H](C)C/C(C)=C/C=C/[C@H](OC)[C@@H]([C@@H](C)/C=C(\C)C2=C[C@@H](OC)[C@H](C)[C@@H](C(C)C)O2)OC1=O. The molecule has 0 bridgehead atoms. The molecule has 2 heterocycles. The van der Waals surface area contributed by atoms with Crippen LogP contribution in [0.15, 0.2) is 70.8 Å². The van der Waals surface area contributed by atoms with Gasteiger partial charge in [-0.2, -0.15) is 0 Å². The number of hydrogen-bond donors (Lipinski definition) is 1. The highest BCUT2D eigenvalue weighted by molar-refractivity contribution is 5.87. The lowest BCUT2D eigenvalue weighted by Gasteiger charge is -2.37. The highest BCUT2D eigenvalue weighted by Gasteiger charge is 2.35. The molecule has 0 spiro atoms. The third-order valence-electron chi connectivity index (χ3n) is 8.56. The normalized spacial score (nSPS) is 37.0. The van der Waals surface area contributed by atoms with Crippen LogP contribution >= 0.6 is 0 Å². The summed E-state index contributed by atoms with van der Waals surface area (Å²) in [5, 5.41) is 10.9.